The highest BCUT2D eigenvalue weighted by atomic mass is 16.5. The van der Waals surface area contributed by atoms with Crippen LogP contribution in [0.15, 0.2) is 47.4 Å². The lowest BCUT2D eigenvalue weighted by Gasteiger charge is -2.15. The first-order valence-corrected chi connectivity index (χ1v) is 9.31. The molecule has 0 atom stereocenters. The quantitative estimate of drug-likeness (QED) is 0.471. The average Bonchev–Trinajstić information content (AvgIpc) is 2.74. The third-order valence-corrected chi connectivity index (χ3v) is 5.23. The van der Waals surface area contributed by atoms with Crippen LogP contribution in [0.1, 0.15) is 13.3 Å². The number of aromatic nitrogens is 1. The Kier molecular flexibility index (Phi) is 4.59. The van der Waals surface area contributed by atoms with E-state index in [0.717, 1.165) is 39.1 Å². The van der Waals surface area contributed by atoms with E-state index in [-0.39, 0.29) is 5.56 Å². The van der Waals surface area contributed by atoms with Crippen molar-refractivity contribution in [2.24, 2.45) is 0 Å². The second kappa shape index (κ2) is 7.08. The minimum absolute atomic E-state index is 0.00860. The molecule has 0 saturated heterocycles. The fourth-order valence-corrected chi connectivity index (χ4v) is 3.89. The highest BCUT2D eigenvalue weighted by Crippen LogP contribution is 2.40. The maximum absolute atomic E-state index is 13.3. The van der Waals surface area contributed by atoms with Crippen molar-refractivity contribution >= 4 is 32.3 Å². The molecule has 144 valence electrons. The summed E-state index contributed by atoms with van der Waals surface area (Å²) < 4.78 is 18.2. The highest BCUT2D eigenvalue weighted by molar-refractivity contribution is 6.25. The molecule has 4 rings (SSSR count). The van der Waals surface area contributed by atoms with Gasteiger partial charge in [0.2, 0.25) is 0 Å². The Morgan fingerprint density at radius 3 is 2.07 bits per heavy atom. The van der Waals surface area contributed by atoms with Crippen molar-refractivity contribution in [2.45, 2.75) is 19.9 Å². The van der Waals surface area contributed by atoms with Gasteiger partial charge in [-0.25, -0.2) is 0 Å². The van der Waals surface area contributed by atoms with Crippen molar-refractivity contribution in [1.82, 2.24) is 4.57 Å². The van der Waals surface area contributed by atoms with Crippen LogP contribution in [0.3, 0.4) is 0 Å². The number of methoxy groups -OCH3 is 3. The van der Waals surface area contributed by atoms with Gasteiger partial charge >= 0.3 is 0 Å². The predicted molar refractivity (Wildman–Crippen MR) is 113 cm³/mol. The van der Waals surface area contributed by atoms with Crippen LogP contribution in [-0.4, -0.2) is 25.9 Å². The third-order valence-electron chi connectivity index (χ3n) is 5.23. The molecule has 0 saturated carbocycles. The molecule has 0 bridgehead atoms. The molecule has 0 aliphatic rings. The molecule has 1 aromatic heterocycles. The van der Waals surface area contributed by atoms with Gasteiger partial charge in [-0.3, -0.25) is 4.79 Å². The molecule has 28 heavy (non-hydrogen) atoms. The molecule has 4 aromatic rings. The first-order valence-electron chi connectivity index (χ1n) is 9.31. The Morgan fingerprint density at radius 2 is 1.46 bits per heavy atom. The number of pyridine rings is 1. The second-order valence-corrected chi connectivity index (χ2v) is 6.77. The molecular weight excluding hydrogens is 354 g/mol. The van der Waals surface area contributed by atoms with Crippen LogP contribution in [0, 0.1) is 0 Å². The molecule has 0 fully saturated rings. The zero-order valence-electron chi connectivity index (χ0n) is 16.5. The normalized spacial score (nSPS) is 11.3. The van der Waals surface area contributed by atoms with Crippen LogP contribution in [0.25, 0.3) is 32.3 Å². The summed E-state index contributed by atoms with van der Waals surface area (Å²) in [6, 6.07) is 11.8. The van der Waals surface area contributed by atoms with Crippen molar-refractivity contribution in [2.75, 3.05) is 21.3 Å². The minimum atomic E-state index is 0.00860. The zero-order valence-corrected chi connectivity index (χ0v) is 16.5. The predicted octanol–water partition coefficient (Wildman–Crippen LogP) is 4.74. The average molecular weight is 377 g/mol. The van der Waals surface area contributed by atoms with Crippen LogP contribution in [-0.2, 0) is 6.54 Å². The van der Waals surface area contributed by atoms with Crippen molar-refractivity contribution in [1.29, 1.82) is 0 Å². The Balaban J connectivity index is 2.28. The topological polar surface area (TPSA) is 49.7 Å². The van der Waals surface area contributed by atoms with Gasteiger partial charge in [0.15, 0.2) is 11.5 Å². The molecule has 5 nitrogen and oxygen atoms in total. The van der Waals surface area contributed by atoms with Gasteiger partial charge in [0.1, 0.15) is 5.75 Å². The number of hydrogen-bond donors (Lipinski definition) is 0. The second-order valence-electron chi connectivity index (χ2n) is 6.77. The van der Waals surface area contributed by atoms with E-state index in [9.17, 15) is 4.79 Å². The largest absolute Gasteiger partial charge is 0.497 e. The molecule has 0 unspecified atom stereocenters. The number of aryl methyl sites for hydroxylation is 1. The van der Waals surface area contributed by atoms with E-state index in [1.54, 1.807) is 25.9 Å². The number of hydrogen-bond acceptors (Lipinski definition) is 4. The Bertz CT molecular complexity index is 1260. The molecular formula is C23H23NO4. The molecule has 0 spiro atoms. The summed E-state index contributed by atoms with van der Waals surface area (Å²) in [4.78, 5) is 13.3. The van der Waals surface area contributed by atoms with Gasteiger partial charge in [0.05, 0.1) is 26.7 Å². The summed E-state index contributed by atoms with van der Waals surface area (Å²) in [6.45, 7) is 2.75. The number of nitrogens with zero attached hydrogens (tertiary/aromatic N) is 1. The van der Waals surface area contributed by atoms with E-state index < -0.39 is 0 Å². The fourth-order valence-electron chi connectivity index (χ4n) is 3.89. The number of rotatable bonds is 5. The van der Waals surface area contributed by atoms with Gasteiger partial charge in [-0.05, 0) is 63.7 Å². The maximum atomic E-state index is 13.3. The smallest absolute Gasteiger partial charge is 0.259 e. The van der Waals surface area contributed by atoms with Crippen LogP contribution in [0.5, 0.6) is 17.2 Å². The van der Waals surface area contributed by atoms with Crippen LogP contribution >= 0.6 is 0 Å². The summed E-state index contributed by atoms with van der Waals surface area (Å²) >= 11 is 0. The summed E-state index contributed by atoms with van der Waals surface area (Å²) in [6.07, 6.45) is 2.77. The van der Waals surface area contributed by atoms with Crippen molar-refractivity contribution in [3.05, 3.63) is 52.9 Å². The number of ether oxygens (including phenoxy) is 3. The highest BCUT2D eigenvalue weighted by Gasteiger charge is 2.16. The molecule has 0 aliphatic heterocycles. The standard InChI is InChI=1S/C23H23NO4/c1-5-9-24-10-8-16-18-13-21(28-4)20(27-3)12-17(18)15-7-6-14(26-2)11-19(15)22(16)23(24)25/h6-8,10-13H,5,9H2,1-4H3. The van der Waals surface area contributed by atoms with E-state index in [2.05, 4.69) is 6.92 Å². The Morgan fingerprint density at radius 1 is 0.786 bits per heavy atom. The van der Waals surface area contributed by atoms with Crippen LogP contribution in [0.2, 0.25) is 0 Å². The van der Waals surface area contributed by atoms with Crippen molar-refractivity contribution < 1.29 is 14.2 Å². The molecule has 3 aromatic carbocycles. The fraction of sp³-hybridized carbons (Fsp3) is 0.261. The summed E-state index contributed by atoms with van der Waals surface area (Å²) in [5.41, 5.74) is 0.00860. The Labute approximate surface area is 163 Å². The molecule has 1 heterocycles. The van der Waals surface area contributed by atoms with Gasteiger partial charge < -0.3 is 18.8 Å². The van der Waals surface area contributed by atoms with Crippen LogP contribution < -0.4 is 19.8 Å². The van der Waals surface area contributed by atoms with E-state index in [0.29, 0.717) is 23.4 Å². The van der Waals surface area contributed by atoms with E-state index in [4.69, 9.17) is 14.2 Å². The lowest BCUT2D eigenvalue weighted by molar-refractivity contribution is 0.356. The number of benzene rings is 3. The van der Waals surface area contributed by atoms with E-state index >= 15 is 0 Å². The summed E-state index contributed by atoms with van der Waals surface area (Å²) in [5.74, 6) is 2.02. The van der Waals surface area contributed by atoms with Gasteiger partial charge in [0.25, 0.3) is 5.56 Å². The molecule has 0 amide bonds. The molecule has 0 radical (unpaired) electrons. The first-order chi connectivity index (χ1) is 13.6. The minimum Gasteiger partial charge on any atom is -0.497 e. The van der Waals surface area contributed by atoms with Gasteiger partial charge in [-0.15, -0.1) is 0 Å². The first kappa shape index (κ1) is 18.2. The summed E-state index contributed by atoms with van der Waals surface area (Å²) in [7, 11) is 4.87. The van der Waals surface area contributed by atoms with Gasteiger partial charge in [-0.1, -0.05) is 13.0 Å². The summed E-state index contributed by atoms with van der Waals surface area (Å²) in [5, 5.41) is 5.43. The van der Waals surface area contributed by atoms with Crippen molar-refractivity contribution in [3.63, 3.8) is 0 Å². The lowest BCUT2D eigenvalue weighted by atomic mass is 9.94. The zero-order chi connectivity index (χ0) is 19.8. The lowest BCUT2D eigenvalue weighted by Crippen LogP contribution is -2.19. The van der Waals surface area contributed by atoms with E-state index in [1.165, 1.54) is 0 Å². The molecule has 0 N–H and O–H groups in total. The third kappa shape index (κ3) is 2.66. The number of fused-ring (bicyclic) bond motifs is 6. The van der Waals surface area contributed by atoms with Gasteiger partial charge in [-0.2, -0.15) is 0 Å². The van der Waals surface area contributed by atoms with E-state index in [1.807, 2.05) is 42.6 Å². The SMILES string of the molecule is CCCn1ccc2c3cc(OC)c(OC)cc3c3ccc(OC)cc3c2c1=O. The molecule has 5 heteroatoms. The maximum Gasteiger partial charge on any atom is 0.259 e. The Hall–Kier alpha value is -3.21. The van der Waals surface area contributed by atoms with Gasteiger partial charge in [0, 0.05) is 12.7 Å². The van der Waals surface area contributed by atoms with Crippen molar-refractivity contribution in [3.8, 4) is 17.2 Å². The molecule has 0 aliphatic carbocycles. The monoisotopic (exact) mass is 377 g/mol. The van der Waals surface area contributed by atoms with Crippen LogP contribution in [0.4, 0.5) is 0 Å².